The van der Waals surface area contributed by atoms with E-state index in [4.69, 9.17) is 99.0 Å². The smallest absolute Gasteiger partial charge is 0.550 e. The van der Waals surface area contributed by atoms with Crippen LogP contribution in [0.5, 0.6) is 0 Å². The van der Waals surface area contributed by atoms with Crippen molar-refractivity contribution in [3.8, 4) is 0 Å². The van der Waals surface area contributed by atoms with Crippen molar-refractivity contribution in [3.63, 3.8) is 0 Å². The van der Waals surface area contributed by atoms with Crippen LogP contribution >= 0.6 is 0 Å². The number of carbonyl (C=O) groups excluding carboxylic acids is 10. The van der Waals surface area contributed by atoms with E-state index in [0.717, 1.165) is 69.2 Å². The van der Waals surface area contributed by atoms with E-state index >= 15 is 0 Å². The standard InChI is InChI=1S/10C2H4O2.Th.U/c10*1-2(3)4;;/h10*1H3,(H,3,4);;/q;;;;;;;;;;+4;/p-10. The Morgan fingerprint density at radius 1 is 0.238 bits per heavy atom. The van der Waals surface area contributed by atoms with Crippen LogP contribution in [0.25, 0.3) is 0 Å². The normalized spacial score (nSPS) is 5.95. The number of rotatable bonds is 0. The summed E-state index contributed by atoms with van der Waals surface area (Å²) in [5.41, 5.74) is 0. The fraction of sp³-hybridized carbons (Fsp3) is 0.500. The Morgan fingerprint density at radius 3 is 0.238 bits per heavy atom. The molecule has 0 radical (unpaired) electrons. The van der Waals surface area contributed by atoms with Crippen LogP contribution < -0.4 is 51.1 Å². The van der Waals surface area contributed by atoms with E-state index in [1.807, 2.05) is 0 Å². The molecule has 0 aromatic rings. The molecule has 0 heterocycles. The molecule has 0 aromatic heterocycles. The van der Waals surface area contributed by atoms with E-state index in [0.29, 0.717) is 0 Å². The molecule has 20 nitrogen and oxygen atoms in total. The molecule has 0 amide bonds. The van der Waals surface area contributed by atoms with Gasteiger partial charge in [-0.3, -0.25) is 0 Å². The minimum Gasteiger partial charge on any atom is -0.550 e. The van der Waals surface area contributed by atoms with Gasteiger partial charge in [-0.2, -0.15) is 0 Å². The van der Waals surface area contributed by atoms with Gasteiger partial charge in [0, 0.05) is 90.8 Å². The molecule has 0 aliphatic carbocycles. The summed E-state index contributed by atoms with van der Waals surface area (Å²) in [6.07, 6.45) is 0. The Balaban J connectivity index is -0.0000000237. The SMILES string of the molecule is CC(=O)[O-].CC(=O)[O-].CC(=O)[O-].CC(=O)[O-].CC(=O)[O-].CC(=O)[O-].CC(=O)[O-].CC(=O)[O-].CC(=O)[O-].CC(=O)[O-].[Th+4].[U]. The maximum Gasteiger partial charge on any atom is 4.00 e. The fourth-order valence-corrected chi connectivity index (χ4v) is 0. The van der Waals surface area contributed by atoms with Gasteiger partial charge in [0.15, 0.2) is 0 Å². The van der Waals surface area contributed by atoms with Crippen LogP contribution in [0, 0.1) is 71.1 Å². The Hall–Kier alpha value is -2.92. The van der Waals surface area contributed by atoms with Crippen LogP contribution in [0.3, 0.4) is 0 Å². The quantitative estimate of drug-likeness (QED) is 0.217. The Bertz CT molecular complexity index is 483. The van der Waals surface area contributed by atoms with Gasteiger partial charge in [-0.25, -0.2) is 0 Å². The van der Waals surface area contributed by atoms with Gasteiger partial charge < -0.3 is 99.0 Å². The van der Waals surface area contributed by atoms with Gasteiger partial charge in [-0.1, -0.05) is 0 Å². The van der Waals surface area contributed by atoms with E-state index < -0.39 is 59.7 Å². The Morgan fingerprint density at radius 2 is 0.238 bits per heavy atom. The van der Waals surface area contributed by atoms with Crippen molar-refractivity contribution in [2.24, 2.45) is 0 Å². The van der Waals surface area contributed by atoms with Crippen molar-refractivity contribution in [3.05, 3.63) is 0 Å². The van der Waals surface area contributed by atoms with E-state index in [1.165, 1.54) is 0 Å². The molecule has 0 fully saturated rings. The molecule has 0 rings (SSSR count). The summed E-state index contributed by atoms with van der Waals surface area (Å²) in [6.45, 7) is 9.72. The average molecular weight is 1060 g/mol. The monoisotopic (exact) mass is 1060 g/mol. The minimum absolute atomic E-state index is 0. The van der Waals surface area contributed by atoms with Crippen LogP contribution in [0.2, 0.25) is 0 Å². The maximum atomic E-state index is 8.89. The average Bonchev–Trinajstić information content (AvgIpc) is 2.47. The topological polar surface area (TPSA) is 401 Å². The zero-order chi connectivity index (χ0) is 35.8. The molecular formula is C20H30O20ThU-6. The molecule has 0 saturated heterocycles. The van der Waals surface area contributed by atoms with Crippen LogP contribution in [-0.4, -0.2) is 59.7 Å². The Labute approximate surface area is 296 Å². The van der Waals surface area contributed by atoms with Crippen LogP contribution in [0.1, 0.15) is 69.2 Å². The van der Waals surface area contributed by atoms with Crippen molar-refractivity contribution in [2.75, 3.05) is 0 Å². The zero-order valence-corrected chi connectivity index (χ0v) is 32.4. The molecule has 0 atom stereocenters. The summed E-state index contributed by atoms with van der Waals surface area (Å²) in [6, 6.07) is 0. The molecule has 0 aliphatic rings. The predicted molar refractivity (Wildman–Crippen MR) is 107 cm³/mol. The summed E-state index contributed by atoms with van der Waals surface area (Å²) >= 11 is 0. The Kier molecular flexibility index (Phi) is 131. The van der Waals surface area contributed by atoms with Crippen molar-refractivity contribution in [1.29, 1.82) is 0 Å². The van der Waals surface area contributed by atoms with Gasteiger partial charge in [-0.05, 0) is 69.2 Å². The number of carbonyl (C=O) groups is 10. The van der Waals surface area contributed by atoms with Crippen LogP contribution in [0.15, 0.2) is 0 Å². The predicted octanol–water partition coefficient (Wildman–Crippen LogP) is -12.4. The second-order valence-electron chi connectivity index (χ2n) is 4.92. The van der Waals surface area contributed by atoms with Crippen molar-refractivity contribution >= 4 is 59.7 Å². The number of aliphatic carboxylic acids is 10. The minimum atomic E-state index is -1.08. The number of carboxylic acids is 10. The third-order valence-electron chi connectivity index (χ3n) is 0. The molecule has 0 saturated carbocycles. The summed E-state index contributed by atoms with van der Waals surface area (Å²) in [7, 11) is 0. The molecule has 0 spiro atoms. The molecule has 0 N–H and O–H groups in total. The summed E-state index contributed by atoms with van der Waals surface area (Å²) in [4.78, 5) is 88.9. The number of carboxylic acid groups (broad SMARTS) is 10. The molecule has 0 bridgehead atoms. The van der Waals surface area contributed by atoms with Gasteiger partial charge in [0.25, 0.3) is 0 Å². The first-order chi connectivity index (χ1) is 17.3. The first-order valence-electron chi connectivity index (χ1n) is 9.08. The third-order valence-corrected chi connectivity index (χ3v) is 0. The first kappa shape index (κ1) is 77.3. The third kappa shape index (κ3) is 5650. The number of hydrogen-bond acceptors (Lipinski definition) is 20. The molecule has 22 heteroatoms. The van der Waals surface area contributed by atoms with Gasteiger partial charge in [0.05, 0.1) is 0 Å². The zero-order valence-electron chi connectivity index (χ0n) is 24.2. The number of hydrogen-bond donors (Lipinski definition) is 0. The molecule has 0 aliphatic heterocycles. The molecule has 0 unspecified atom stereocenters. The van der Waals surface area contributed by atoms with Gasteiger partial charge in [0.2, 0.25) is 0 Å². The fourth-order valence-electron chi connectivity index (χ4n) is 0. The maximum absolute atomic E-state index is 8.89. The van der Waals surface area contributed by atoms with Crippen molar-refractivity contribution in [1.82, 2.24) is 0 Å². The summed E-state index contributed by atoms with van der Waals surface area (Å²) < 4.78 is 0. The second kappa shape index (κ2) is 71.4. The summed E-state index contributed by atoms with van der Waals surface area (Å²) in [5.74, 6) is -10.8. The van der Waals surface area contributed by atoms with Crippen molar-refractivity contribution in [2.45, 2.75) is 69.2 Å². The van der Waals surface area contributed by atoms with Crippen LogP contribution in [-0.2, 0) is 47.9 Å². The van der Waals surface area contributed by atoms with E-state index in [1.54, 1.807) is 0 Å². The van der Waals surface area contributed by atoms with Crippen molar-refractivity contribution < 1.29 is 170 Å². The van der Waals surface area contributed by atoms with Gasteiger partial charge >= 0.3 is 39.9 Å². The van der Waals surface area contributed by atoms with Gasteiger partial charge in [-0.15, -0.1) is 0 Å². The largest absolute Gasteiger partial charge is 4.00 e. The van der Waals surface area contributed by atoms with E-state index in [9.17, 15) is 0 Å². The molecular weight excluding hydrogens is 1030 g/mol. The van der Waals surface area contributed by atoms with Crippen LogP contribution in [0.4, 0.5) is 0 Å². The van der Waals surface area contributed by atoms with E-state index in [2.05, 4.69) is 0 Å². The second-order valence-corrected chi connectivity index (χ2v) is 4.92. The first-order valence-corrected chi connectivity index (χ1v) is 9.08. The summed E-state index contributed by atoms with van der Waals surface area (Å²) in [5, 5.41) is 88.9. The molecule has 42 heavy (non-hydrogen) atoms. The molecule has 244 valence electrons. The van der Waals surface area contributed by atoms with Gasteiger partial charge in [0.1, 0.15) is 0 Å². The molecule has 0 aromatic carbocycles. The van der Waals surface area contributed by atoms with E-state index in [-0.39, 0.29) is 71.1 Å².